The van der Waals surface area contributed by atoms with Crippen LogP contribution in [0.4, 0.5) is 143 Å². The number of carbonyl (C=O) groups excluding carboxylic acids is 2. The van der Waals surface area contributed by atoms with E-state index in [9.17, 15) is 141 Å². The minimum Gasteiger partial charge on any atom is -0.321 e. The van der Waals surface area contributed by atoms with Crippen molar-refractivity contribution >= 4 is 23.2 Å². The van der Waals surface area contributed by atoms with E-state index in [1.165, 1.54) is 49.1 Å². The maximum absolute atomic E-state index is 14.3. The number of nitrogens with one attached hydrogen (secondary N) is 2. The first kappa shape index (κ1) is 75.6. The first-order chi connectivity index (χ1) is 44.8. The zero-order chi connectivity index (χ0) is 73.7. The topological polar surface area (TPSA) is 136 Å². The number of anilines is 2. The van der Waals surface area contributed by atoms with Crippen LogP contribution >= 0.6 is 0 Å². The lowest BCUT2D eigenvalue weighted by atomic mass is 9.91. The summed E-state index contributed by atoms with van der Waals surface area (Å²) in [5.74, 6) is -104. The van der Waals surface area contributed by atoms with Crippen LogP contribution in [0.3, 0.4) is 0 Å². The average molecular weight is 1440 g/mol. The number of amides is 2. The lowest BCUT2D eigenvalue weighted by Crippen LogP contribution is -2.73. The molecule has 0 unspecified atom stereocenters. The summed E-state index contributed by atoms with van der Waals surface area (Å²) in [5.41, 5.74) is 2.06. The van der Waals surface area contributed by atoms with E-state index >= 15 is 0 Å². The van der Waals surface area contributed by atoms with Gasteiger partial charge in [-0.15, -0.1) is 0 Å². The van der Waals surface area contributed by atoms with Crippen molar-refractivity contribution in [2.75, 3.05) is 10.6 Å². The van der Waals surface area contributed by atoms with Gasteiger partial charge in [0.1, 0.15) is 0 Å². The van der Waals surface area contributed by atoms with Gasteiger partial charge in [0.05, 0.1) is 45.6 Å². The number of hydrogen-bond donors (Lipinski definition) is 2. The van der Waals surface area contributed by atoms with Crippen molar-refractivity contribution in [1.29, 1.82) is 0 Å². The second-order valence-corrected chi connectivity index (χ2v) is 20.1. The Morgan fingerprint density at radius 1 is 0.245 bits per heavy atom. The van der Waals surface area contributed by atoms with Gasteiger partial charge in [0.15, 0.2) is 0 Å². The fourth-order valence-corrected chi connectivity index (χ4v) is 8.11. The predicted molar refractivity (Wildman–Crippen MR) is 281 cm³/mol. The number of benzene rings is 2. The fraction of sp³-hybridized carbons (Fsp3) is 0.241. The maximum Gasteiger partial charge on any atom is 0.460 e. The van der Waals surface area contributed by atoms with E-state index in [1.54, 1.807) is 72.8 Å². The van der Waals surface area contributed by atoms with Gasteiger partial charge in [-0.1, -0.05) is 48.5 Å². The smallest absolute Gasteiger partial charge is 0.321 e. The van der Waals surface area contributed by atoms with Crippen LogP contribution in [0.25, 0.3) is 67.8 Å². The maximum atomic E-state index is 14.3. The molecule has 10 nitrogen and oxygen atoms in total. The zero-order valence-electron chi connectivity index (χ0n) is 47.0. The molecule has 0 aliphatic rings. The van der Waals surface area contributed by atoms with Crippen LogP contribution in [0, 0.1) is 0 Å². The molecule has 98 heavy (non-hydrogen) atoms. The standard InChI is InChI=1S/2C29H15F15N4O/c2*30-23(31,24(32,33)25(34,35)26(36,37)27(38,39)28(40,41)29(42,43)44)22(49)47-17-9-7-15(8-10-17)16-13-20(18-5-1-3-11-45-18)48-21(14-16)19-6-2-4-12-46-19/h2*1-14H,(H,47,49). The Kier molecular flexibility index (Phi) is 20.0. The molecule has 0 spiro atoms. The Morgan fingerprint density at radius 2 is 0.459 bits per heavy atom. The zero-order valence-corrected chi connectivity index (χ0v) is 47.0. The highest BCUT2D eigenvalue weighted by molar-refractivity contribution is 5.98. The Labute approximate surface area is 525 Å². The van der Waals surface area contributed by atoms with Gasteiger partial charge in [0.2, 0.25) is 0 Å². The minimum absolute atomic E-state index is 0.214. The highest BCUT2D eigenvalue weighted by Crippen LogP contribution is 2.64. The van der Waals surface area contributed by atoms with Crippen LogP contribution in [-0.4, -0.2) is 125 Å². The first-order valence-corrected chi connectivity index (χ1v) is 26.0. The molecule has 40 heteroatoms. The minimum atomic E-state index is -8.50. The van der Waals surface area contributed by atoms with Gasteiger partial charge >= 0.3 is 95.2 Å². The number of carbonyl (C=O) groups is 2. The van der Waals surface area contributed by atoms with E-state index in [0.717, 1.165) is 59.2 Å². The number of nitrogens with zero attached hydrogens (tertiary/aromatic N) is 6. The fourth-order valence-electron chi connectivity index (χ4n) is 8.11. The summed E-state index contributed by atoms with van der Waals surface area (Å²) in [6.45, 7) is 0. The second-order valence-electron chi connectivity index (χ2n) is 20.1. The number of rotatable bonds is 20. The summed E-state index contributed by atoms with van der Waals surface area (Å²) < 4.78 is 405. The van der Waals surface area contributed by atoms with E-state index < -0.39 is 107 Å². The van der Waals surface area contributed by atoms with Gasteiger partial charge in [-0.05, 0) is 119 Å². The Hall–Kier alpha value is -9.82. The van der Waals surface area contributed by atoms with Crippen LogP contribution in [0.5, 0.6) is 0 Å². The van der Waals surface area contributed by atoms with E-state index in [-0.39, 0.29) is 11.1 Å². The van der Waals surface area contributed by atoms with Gasteiger partial charge < -0.3 is 10.6 Å². The van der Waals surface area contributed by atoms with E-state index in [4.69, 9.17) is 0 Å². The van der Waals surface area contributed by atoms with Gasteiger partial charge in [-0.25, -0.2) is 9.97 Å². The summed E-state index contributed by atoms with van der Waals surface area (Å²) in [7, 11) is 0. The summed E-state index contributed by atoms with van der Waals surface area (Å²) in [4.78, 5) is 49.6. The molecule has 0 fully saturated rings. The summed E-state index contributed by atoms with van der Waals surface area (Å²) in [6, 6.07) is 32.6. The van der Waals surface area contributed by atoms with Crippen LogP contribution in [0.15, 0.2) is 170 Å². The normalized spacial score (nSPS) is 13.7. The van der Waals surface area contributed by atoms with Gasteiger partial charge in [-0.2, -0.15) is 132 Å². The molecule has 2 N–H and O–H groups in total. The second kappa shape index (κ2) is 25.9. The average Bonchev–Trinajstić information content (AvgIpc) is 0.706. The van der Waals surface area contributed by atoms with Crippen molar-refractivity contribution in [2.45, 2.75) is 83.4 Å². The molecule has 8 aromatic rings. The quantitative estimate of drug-likeness (QED) is 0.0720. The molecule has 0 atom stereocenters. The van der Waals surface area contributed by atoms with Crippen molar-refractivity contribution in [3.63, 3.8) is 0 Å². The van der Waals surface area contributed by atoms with Crippen LogP contribution in [-0.2, 0) is 9.59 Å². The Morgan fingerprint density at radius 3 is 0.663 bits per heavy atom. The third kappa shape index (κ3) is 13.1. The molecule has 0 bridgehead atoms. The van der Waals surface area contributed by atoms with Crippen LogP contribution < -0.4 is 10.6 Å². The molecule has 0 saturated heterocycles. The number of aromatic nitrogens is 6. The van der Waals surface area contributed by atoms with Crippen molar-refractivity contribution < 1.29 is 141 Å². The van der Waals surface area contributed by atoms with Crippen molar-refractivity contribution in [3.05, 3.63) is 170 Å². The van der Waals surface area contributed by atoms with Crippen molar-refractivity contribution in [1.82, 2.24) is 29.9 Å². The molecule has 0 saturated carbocycles. The number of pyridine rings is 6. The first-order valence-electron chi connectivity index (χ1n) is 26.0. The molecule has 0 aliphatic heterocycles. The van der Waals surface area contributed by atoms with Gasteiger partial charge in [0.25, 0.3) is 0 Å². The monoisotopic (exact) mass is 1440 g/mol. The van der Waals surface area contributed by atoms with Crippen LogP contribution in [0.1, 0.15) is 0 Å². The Bertz CT molecular complexity index is 3750. The molecular formula is C58H30F30N8O2. The molecule has 2 aromatic carbocycles. The molecule has 6 heterocycles. The molecule has 0 radical (unpaired) electrons. The van der Waals surface area contributed by atoms with E-state index in [0.29, 0.717) is 56.7 Å². The number of halogens is 30. The molecule has 6 aromatic heterocycles. The number of hydrogen-bond acceptors (Lipinski definition) is 8. The summed E-state index contributed by atoms with van der Waals surface area (Å²) in [6.07, 6.45) is -9.62. The van der Waals surface area contributed by atoms with Gasteiger partial charge in [0, 0.05) is 36.2 Å². The highest BCUT2D eigenvalue weighted by Gasteiger charge is 2.95. The molecule has 8 rings (SSSR count). The Balaban J connectivity index is 0.000000276. The largest absolute Gasteiger partial charge is 0.460 e. The summed E-state index contributed by atoms with van der Waals surface area (Å²) in [5, 5.41) is 1.93. The van der Waals surface area contributed by atoms with E-state index in [1.807, 2.05) is 0 Å². The summed E-state index contributed by atoms with van der Waals surface area (Å²) >= 11 is 0. The lowest BCUT2D eigenvalue weighted by Gasteiger charge is -2.41. The van der Waals surface area contributed by atoms with Crippen LogP contribution in [0.2, 0.25) is 0 Å². The highest BCUT2D eigenvalue weighted by atomic mass is 19.4. The van der Waals surface area contributed by atoms with Gasteiger partial charge in [-0.3, -0.25) is 29.5 Å². The van der Waals surface area contributed by atoms with E-state index in [2.05, 4.69) is 29.9 Å². The van der Waals surface area contributed by atoms with Crippen molar-refractivity contribution in [2.24, 2.45) is 0 Å². The number of alkyl halides is 30. The van der Waals surface area contributed by atoms with Crippen molar-refractivity contribution in [3.8, 4) is 67.8 Å². The molecule has 0 aliphatic carbocycles. The molecule has 524 valence electrons. The predicted octanol–water partition coefficient (Wildman–Crippen LogP) is 18.4. The molecular weight excluding hydrogens is 1410 g/mol. The SMILES string of the molecule is O=C(Nc1ccc(-c2cc(-c3ccccn3)nc(-c3ccccn3)c2)cc1)C(F)(F)C(F)(F)C(F)(F)C(F)(F)C(F)(F)C(F)(F)C(F)(F)F.O=C(Nc1ccc(-c2cc(-c3ccccn3)nc(-c3ccccn3)c2)cc1)C(F)(F)C(F)(F)C(F)(F)C(F)(F)C(F)(F)C(F)(F)C(F)(F)F. The third-order valence-electron chi connectivity index (χ3n) is 13.5. The lowest BCUT2D eigenvalue weighted by molar-refractivity contribution is -0.449. The molecule has 2 amide bonds. The third-order valence-corrected chi connectivity index (χ3v) is 13.5.